The van der Waals surface area contributed by atoms with Crippen LogP contribution in [0.5, 0.6) is 0 Å². The van der Waals surface area contributed by atoms with Crippen LogP contribution in [-0.4, -0.2) is 35.8 Å². The summed E-state index contributed by atoms with van der Waals surface area (Å²) in [7, 11) is 0. The van der Waals surface area contributed by atoms with Crippen molar-refractivity contribution in [3.63, 3.8) is 0 Å². The van der Waals surface area contributed by atoms with Crippen LogP contribution in [0.25, 0.3) is 33.4 Å². The zero-order valence-corrected chi connectivity index (χ0v) is 19.7. The quantitative estimate of drug-likeness (QED) is 0.351. The highest BCUT2D eigenvalue weighted by Crippen LogP contribution is 2.32. The number of hydrogen-bond donors (Lipinski definition) is 2. The number of fused-ring (bicyclic) bond motifs is 1. The van der Waals surface area contributed by atoms with E-state index in [1.54, 1.807) is 24.8 Å². The van der Waals surface area contributed by atoms with Crippen LogP contribution in [0, 0.1) is 13.8 Å². The number of halogens is 1. The van der Waals surface area contributed by atoms with Gasteiger partial charge in [-0.2, -0.15) is 5.10 Å². The van der Waals surface area contributed by atoms with E-state index in [-0.39, 0.29) is 6.54 Å². The SMILES string of the molecule is Cc1noc(C)c1-c1ccc2nc(-c3cnn(CC(N)=O)c3)nc(NCc3cncc(Cl)c3)c2c1. The molecular formula is C24H21ClN8O2. The zero-order valence-electron chi connectivity index (χ0n) is 19.0. The molecule has 5 rings (SSSR count). The molecular weight excluding hydrogens is 468 g/mol. The molecule has 5 aromatic rings. The van der Waals surface area contributed by atoms with Gasteiger partial charge in [-0.15, -0.1) is 0 Å². The number of nitrogens with one attached hydrogen (secondary N) is 1. The number of hydrogen-bond acceptors (Lipinski definition) is 8. The Kier molecular flexibility index (Phi) is 5.87. The molecule has 11 heteroatoms. The molecule has 4 aromatic heterocycles. The van der Waals surface area contributed by atoms with Gasteiger partial charge in [0, 0.05) is 36.1 Å². The topological polar surface area (TPSA) is 138 Å². The van der Waals surface area contributed by atoms with E-state index in [0.717, 1.165) is 39.0 Å². The predicted octanol–water partition coefficient (Wildman–Crippen LogP) is 3.91. The summed E-state index contributed by atoms with van der Waals surface area (Å²) in [6, 6.07) is 7.77. The second-order valence-electron chi connectivity index (χ2n) is 8.08. The summed E-state index contributed by atoms with van der Waals surface area (Å²) in [4.78, 5) is 24.9. The molecule has 3 N–H and O–H groups in total. The summed E-state index contributed by atoms with van der Waals surface area (Å²) < 4.78 is 6.81. The van der Waals surface area contributed by atoms with E-state index < -0.39 is 5.91 Å². The van der Waals surface area contributed by atoms with Gasteiger partial charge in [-0.05, 0) is 43.2 Å². The molecule has 0 aliphatic carbocycles. The molecule has 10 nitrogen and oxygen atoms in total. The summed E-state index contributed by atoms with van der Waals surface area (Å²) in [6.07, 6.45) is 6.62. The lowest BCUT2D eigenvalue weighted by Crippen LogP contribution is -2.18. The second-order valence-corrected chi connectivity index (χ2v) is 8.52. The van der Waals surface area contributed by atoms with E-state index in [0.29, 0.717) is 28.8 Å². The third-order valence-electron chi connectivity index (χ3n) is 5.45. The number of aromatic nitrogens is 6. The monoisotopic (exact) mass is 488 g/mol. The first kappa shape index (κ1) is 22.5. The van der Waals surface area contributed by atoms with E-state index in [2.05, 4.69) is 20.6 Å². The first-order valence-corrected chi connectivity index (χ1v) is 11.1. The van der Waals surface area contributed by atoms with Crippen molar-refractivity contribution in [3.8, 4) is 22.5 Å². The highest BCUT2D eigenvalue weighted by molar-refractivity contribution is 6.30. The third kappa shape index (κ3) is 4.69. The number of aryl methyl sites for hydroxylation is 2. The van der Waals surface area contributed by atoms with E-state index in [1.807, 2.05) is 38.1 Å². The third-order valence-corrected chi connectivity index (χ3v) is 5.66. The molecule has 1 amide bonds. The molecule has 0 unspecified atom stereocenters. The van der Waals surface area contributed by atoms with Crippen molar-refractivity contribution in [2.24, 2.45) is 5.73 Å². The molecule has 0 saturated heterocycles. The maximum Gasteiger partial charge on any atom is 0.239 e. The van der Waals surface area contributed by atoms with E-state index in [9.17, 15) is 4.79 Å². The van der Waals surface area contributed by atoms with Crippen LogP contribution in [0.15, 0.2) is 53.6 Å². The Bertz CT molecular complexity index is 1540. The Hall–Kier alpha value is -4.31. The first-order chi connectivity index (χ1) is 16.9. The van der Waals surface area contributed by atoms with Crippen molar-refractivity contribution < 1.29 is 9.32 Å². The van der Waals surface area contributed by atoms with Crippen molar-refractivity contribution in [1.82, 2.24) is 29.9 Å². The molecule has 35 heavy (non-hydrogen) atoms. The average molecular weight is 489 g/mol. The van der Waals surface area contributed by atoms with Gasteiger partial charge in [0.05, 0.1) is 28.0 Å². The summed E-state index contributed by atoms with van der Waals surface area (Å²) >= 11 is 6.10. The number of nitrogens with two attached hydrogens (primary N) is 1. The van der Waals surface area contributed by atoms with Crippen LogP contribution in [0.1, 0.15) is 17.0 Å². The van der Waals surface area contributed by atoms with Crippen molar-refractivity contribution >= 4 is 34.2 Å². The number of carbonyl (C=O) groups is 1. The number of anilines is 1. The van der Waals surface area contributed by atoms with Crippen molar-refractivity contribution in [1.29, 1.82) is 0 Å². The molecule has 0 radical (unpaired) electrons. The summed E-state index contributed by atoms with van der Waals surface area (Å²) in [5.74, 6) is 1.34. The van der Waals surface area contributed by atoms with Gasteiger partial charge in [0.2, 0.25) is 5.91 Å². The lowest BCUT2D eigenvalue weighted by atomic mass is 10.0. The predicted molar refractivity (Wildman–Crippen MR) is 131 cm³/mol. The van der Waals surface area contributed by atoms with Crippen LogP contribution >= 0.6 is 11.6 Å². The molecule has 0 saturated carbocycles. The van der Waals surface area contributed by atoms with Crippen LogP contribution in [0.4, 0.5) is 5.82 Å². The lowest BCUT2D eigenvalue weighted by molar-refractivity contribution is -0.118. The van der Waals surface area contributed by atoms with Gasteiger partial charge in [0.1, 0.15) is 18.1 Å². The Morgan fingerprint density at radius 1 is 1.14 bits per heavy atom. The van der Waals surface area contributed by atoms with Gasteiger partial charge in [0.15, 0.2) is 5.82 Å². The average Bonchev–Trinajstić information content (AvgIpc) is 3.42. The van der Waals surface area contributed by atoms with Gasteiger partial charge in [0.25, 0.3) is 0 Å². The molecule has 1 aromatic carbocycles. The smallest absolute Gasteiger partial charge is 0.239 e. The van der Waals surface area contributed by atoms with E-state index >= 15 is 0 Å². The minimum absolute atomic E-state index is 0.0265. The molecule has 0 atom stereocenters. The Labute approximate surface area is 205 Å². The van der Waals surface area contributed by atoms with Gasteiger partial charge in [-0.3, -0.25) is 14.5 Å². The van der Waals surface area contributed by atoms with Crippen molar-refractivity contribution in [2.45, 2.75) is 26.9 Å². The minimum Gasteiger partial charge on any atom is -0.368 e. The lowest BCUT2D eigenvalue weighted by Gasteiger charge is -2.12. The number of primary amides is 1. The maximum absolute atomic E-state index is 11.3. The fourth-order valence-electron chi connectivity index (χ4n) is 3.91. The van der Waals surface area contributed by atoms with Crippen molar-refractivity contribution in [3.05, 3.63) is 71.1 Å². The van der Waals surface area contributed by atoms with Gasteiger partial charge in [-0.1, -0.05) is 22.8 Å². The molecule has 0 fully saturated rings. The van der Waals surface area contributed by atoms with Crippen LogP contribution in [0.3, 0.4) is 0 Å². The Balaban J connectivity index is 1.60. The van der Waals surface area contributed by atoms with Crippen LogP contribution in [-0.2, 0) is 17.9 Å². The number of nitrogens with zero attached hydrogens (tertiary/aromatic N) is 6. The zero-order chi connectivity index (χ0) is 24.5. The Morgan fingerprint density at radius 3 is 2.74 bits per heavy atom. The minimum atomic E-state index is -0.483. The second kappa shape index (κ2) is 9.15. The summed E-state index contributed by atoms with van der Waals surface area (Å²) in [6.45, 7) is 4.22. The van der Waals surface area contributed by atoms with Gasteiger partial charge >= 0.3 is 0 Å². The van der Waals surface area contributed by atoms with Crippen LogP contribution in [0.2, 0.25) is 5.02 Å². The summed E-state index contributed by atoms with van der Waals surface area (Å²) in [5, 5.41) is 13.0. The fraction of sp³-hybridized carbons (Fsp3) is 0.167. The normalized spacial score (nSPS) is 11.2. The molecule has 0 aliphatic rings. The highest BCUT2D eigenvalue weighted by Gasteiger charge is 2.16. The first-order valence-electron chi connectivity index (χ1n) is 10.8. The number of carbonyl (C=O) groups excluding carboxylic acids is 1. The summed E-state index contributed by atoms with van der Waals surface area (Å²) in [5.41, 5.74) is 10.3. The standard InChI is InChI=1S/C24H21ClN8O2/c1-13-22(14(2)35-32-13)16-3-4-20-19(6-16)24(28-8-15-5-18(25)10-27-7-15)31-23(30-20)17-9-29-33(11-17)12-21(26)34/h3-7,9-11H,8,12H2,1-2H3,(H2,26,34)(H,28,30,31). The molecule has 0 spiro atoms. The largest absolute Gasteiger partial charge is 0.368 e. The molecule has 176 valence electrons. The number of rotatable bonds is 7. The molecule has 0 aliphatic heterocycles. The van der Waals surface area contributed by atoms with Gasteiger partial charge in [-0.25, -0.2) is 9.97 Å². The number of benzene rings is 1. The fourth-order valence-corrected chi connectivity index (χ4v) is 4.10. The van der Waals surface area contributed by atoms with E-state index in [4.69, 9.17) is 31.8 Å². The van der Waals surface area contributed by atoms with Crippen molar-refractivity contribution in [2.75, 3.05) is 5.32 Å². The molecule has 4 heterocycles. The molecule has 0 bridgehead atoms. The Morgan fingerprint density at radius 2 is 2.00 bits per heavy atom. The van der Waals surface area contributed by atoms with Crippen LogP contribution < -0.4 is 11.1 Å². The number of pyridine rings is 1. The van der Waals surface area contributed by atoms with E-state index in [1.165, 1.54) is 4.68 Å². The maximum atomic E-state index is 11.3. The highest BCUT2D eigenvalue weighted by atomic mass is 35.5. The number of amides is 1. The van der Waals surface area contributed by atoms with Gasteiger partial charge < -0.3 is 15.6 Å².